The molecule has 0 bridgehead atoms. The zero-order valence-electron chi connectivity index (χ0n) is 7.94. The van der Waals surface area contributed by atoms with Crippen molar-refractivity contribution in [3.63, 3.8) is 0 Å². The van der Waals surface area contributed by atoms with Gasteiger partial charge in [-0.2, -0.15) is 0 Å². The molecule has 0 radical (unpaired) electrons. The van der Waals surface area contributed by atoms with E-state index < -0.39 is 0 Å². The molecule has 2 nitrogen and oxygen atoms in total. The monoisotopic (exact) mass is 180 g/mol. The molecule has 0 aromatic heterocycles. The number of ether oxygens (including phenoxy) is 1. The summed E-state index contributed by atoms with van der Waals surface area (Å²) in [4.78, 5) is 0. The molecular formula is C11H16O2. The Morgan fingerprint density at radius 2 is 2.00 bits per heavy atom. The van der Waals surface area contributed by atoms with Gasteiger partial charge in [0.05, 0.1) is 6.10 Å². The highest BCUT2D eigenvalue weighted by molar-refractivity contribution is 5.17. The van der Waals surface area contributed by atoms with Gasteiger partial charge in [-0.15, -0.1) is 0 Å². The first-order chi connectivity index (χ1) is 6.38. The predicted octanol–water partition coefficient (Wildman–Crippen LogP) is 2.15. The van der Waals surface area contributed by atoms with E-state index >= 15 is 0 Å². The molecule has 0 saturated heterocycles. The Kier molecular flexibility index (Phi) is 4.50. The molecule has 0 spiro atoms. The Balaban J connectivity index is 2.64. The molecule has 0 heterocycles. The smallest absolute Gasteiger partial charge is 0.0846 e. The summed E-state index contributed by atoms with van der Waals surface area (Å²) in [5, 5.41) is 8.84. The Bertz CT molecular complexity index is 215. The van der Waals surface area contributed by atoms with Crippen LogP contribution in [-0.2, 0) is 4.74 Å². The van der Waals surface area contributed by atoms with Crippen molar-refractivity contribution < 1.29 is 9.84 Å². The molecule has 13 heavy (non-hydrogen) atoms. The van der Waals surface area contributed by atoms with Gasteiger partial charge in [-0.3, -0.25) is 0 Å². The minimum Gasteiger partial charge on any atom is -0.396 e. The normalized spacial score (nSPS) is 12.8. The third-order valence-electron chi connectivity index (χ3n) is 1.93. The van der Waals surface area contributed by atoms with Crippen LogP contribution >= 0.6 is 0 Å². The van der Waals surface area contributed by atoms with Crippen LogP contribution in [0.3, 0.4) is 0 Å². The summed E-state index contributed by atoms with van der Waals surface area (Å²) in [6.07, 6.45) is 0.703. The number of benzene rings is 1. The number of aliphatic hydroxyl groups excluding tert-OH is 1. The van der Waals surface area contributed by atoms with Crippen LogP contribution in [0.1, 0.15) is 25.0 Å². The zero-order valence-corrected chi connectivity index (χ0v) is 7.94. The highest BCUT2D eigenvalue weighted by Gasteiger charge is 2.09. The maximum atomic E-state index is 8.84. The van der Waals surface area contributed by atoms with Gasteiger partial charge in [-0.25, -0.2) is 0 Å². The lowest BCUT2D eigenvalue weighted by molar-refractivity contribution is 0.0432. The van der Waals surface area contributed by atoms with Crippen molar-refractivity contribution in [1.29, 1.82) is 0 Å². The van der Waals surface area contributed by atoms with Gasteiger partial charge in [0.2, 0.25) is 0 Å². The lowest BCUT2D eigenvalue weighted by atomic mass is 10.1. The van der Waals surface area contributed by atoms with Crippen molar-refractivity contribution >= 4 is 0 Å². The van der Waals surface area contributed by atoms with Crippen molar-refractivity contribution in [2.45, 2.75) is 19.4 Å². The number of hydrogen-bond donors (Lipinski definition) is 1. The molecule has 0 fully saturated rings. The van der Waals surface area contributed by atoms with Gasteiger partial charge in [0, 0.05) is 19.6 Å². The Morgan fingerprint density at radius 1 is 1.31 bits per heavy atom. The fourth-order valence-corrected chi connectivity index (χ4v) is 1.33. The minimum atomic E-state index is 0.0381. The van der Waals surface area contributed by atoms with E-state index in [4.69, 9.17) is 9.84 Å². The molecule has 1 rings (SSSR count). The van der Waals surface area contributed by atoms with E-state index in [9.17, 15) is 0 Å². The minimum absolute atomic E-state index is 0.0381. The summed E-state index contributed by atoms with van der Waals surface area (Å²) in [6, 6.07) is 9.99. The van der Waals surface area contributed by atoms with Crippen molar-refractivity contribution in [3.8, 4) is 0 Å². The van der Waals surface area contributed by atoms with Crippen LogP contribution in [0.2, 0.25) is 0 Å². The fourth-order valence-electron chi connectivity index (χ4n) is 1.33. The van der Waals surface area contributed by atoms with Gasteiger partial charge in [-0.05, 0) is 12.5 Å². The summed E-state index contributed by atoms with van der Waals surface area (Å²) in [7, 11) is 0. The second kappa shape index (κ2) is 5.73. The summed E-state index contributed by atoms with van der Waals surface area (Å²) in [5.41, 5.74) is 1.14. The zero-order chi connectivity index (χ0) is 9.52. The molecule has 2 heteroatoms. The van der Waals surface area contributed by atoms with Crippen LogP contribution in [0.15, 0.2) is 30.3 Å². The molecule has 0 aliphatic carbocycles. The standard InChI is InChI=1S/C11H16O2/c1-2-13-11(8-9-12)10-6-4-3-5-7-10/h3-7,11-12H,2,8-9H2,1H3. The molecule has 0 aliphatic heterocycles. The Morgan fingerprint density at radius 3 is 2.54 bits per heavy atom. The van der Waals surface area contributed by atoms with Crippen LogP contribution < -0.4 is 0 Å². The molecule has 1 aromatic carbocycles. The van der Waals surface area contributed by atoms with E-state index in [1.807, 2.05) is 37.3 Å². The van der Waals surface area contributed by atoms with Gasteiger partial charge in [0.1, 0.15) is 0 Å². The maximum Gasteiger partial charge on any atom is 0.0846 e. The summed E-state index contributed by atoms with van der Waals surface area (Å²) >= 11 is 0. The highest BCUT2D eigenvalue weighted by atomic mass is 16.5. The van der Waals surface area contributed by atoms with Crippen LogP contribution in [0.4, 0.5) is 0 Å². The number of aliphatic hydroxyl groups is 1. The van der Waals surface area contributed by atoms with E-state index in [1.165, 1.54) is 0 Å². The van der Waals surface area contributed by atoms with Crippen molar-refractivity contribution in [2.24, 2.45) is 0 Å². The van der Waals surface area contributed by atoms with Crippen molar-refractivity contribution in [1.82, 2.24) is 0 Å². The maximum absolute atomic E-state index is 8.84. The third-order valence-corrected chi connectivity index (χ3v) is 1.93. The molecule has 0 aliphatic rings. The molecule has 1 aromatic rings. The average Bonchev–Trinajstić information content (AvgIpc) is 2.19. The predicted molar refractivity (Wildman–Crippen MR) is 52.5 cm³/mol. The first-order valence-corrected chi connectivity index (χ1v) is 4.66. The molecule has 1 unspecified atom stereocenters. The van der Waals surface area contributed by atoms with Crippen molar-refractivity contribution in [3.05, 3.63) is 35.9 Å². The lowest BCUT2D eigenvalue weighted by Gasteiger charge is -2.15. The summed E-state index contributed by atoms with van der Waals surface area (Å²) in [6.45, 7) is 2.81. The fraction of sp³-hybridized carbons (Fsp3) is 0.455. The van der Waals surface area contributed by atoms with Crippen LogP contribution in [-0.4, -0.2) is 18.3 Å². The molecule has 1 atom stereocenters. The SMILES string of the molecule is CCOC(CCO)c1ccccc1. The average molecular weight is 180 g/mol. The van der Waals surface area contributed by atoms with Gasteiger partial charge in [0.25, 0.3) is 0 Å². The summed E-state index contributed by atoms with van der Waals surface area (Å²) < 4.78 is 5.51. The van der Waals surface area contributed by atoms with E-state index in [0.717, 1.165) is 5.56 Å². The first kappa shape index (κ1) is 10.2. The van der Waals surface area contributed by atoms with Crippen LogP contribution in [0.5, 0.6) is 0 Å². The second-order valence-corrected chi connectivity index (χ2v) is 2.87. The van der Waals surface area contributed by atoms with Gasteiger partial charge in [0.15, 0.2) is 0 Å². The van der Waals surface area contributed by atoms with Gasteiger partial charge >= 0.3 is 0 Å². The Hall–Kier alpha value is -0.860. The van der Waals surface area contributed by atoms with Crippen LogP contribution in [0, 0.1) is 0 Å². The molecule has 0 amide bonds. The molecule has 72 valence electrons. The topological polar surface area (TPSA) is 29.5 Å². The van der Waals surface area contributed by atoms with E-state index in [0.29, 0.717) is 13.0 Å². The number of rotatable bonds is 5. The third kappa shape index (κ3) is 3.17. The summed E-state index contributed by atoms with van der Waals surface area (Å²) in [5.74, 6) is 0. The van der Waals surface area contributed by atoms with Crippen LogP contribution in [0.25, 0.3) is 0 Å². The quantitative estimate of drug-likeness (QED) is 0.752. The Labute approximate surface area is 79.2 Å². The highest BCUT2D eigenvalue weighted by Crippen LogP contribution is 2.19. The van der Waals surface area contributed by atoms with E-state index in [2.05, 4.69) is 0 Å². The molecular weight excluding hydrogens is 164 g/mol. The lowest BCUT2D eigenvalue weighted by Crippen LogP contribution is -2.06. The van der Waals surface area contributed by atoms with Gasteiger partial charge in [-0.1, -0.05) is 30.3 Å². The molecule has 0 saturated carbocycles. The van der Waals surface area contributed by atoms with Gasteiger partial charge < -0.3 is 9.84 Å². The van der Waals surface area contributed by atoms with E-state index in [1.54, 1.807) is 0 Å². The van der Waals surface area contributed by atoms with E-state index in [-0.39, 0.29) is 12.7 Å². The number of hydrogen-bond acceptors (Lipinski definition) is 2. The van der Waals surface area contributed by atoms with Crippen molar-refractivity contribution in [2.75, 3.05) is 13.2 Å². The largest absolute Gasteiger partial charge is 0.396 e. The second-order valence-electron chi connectivity index (χ2n) is 2.87. The molecule has 1 N–H and O–H groups in total. The first-order valence-electron chi connectivity index (χ1n) is 4.66.